The molecule has 75 valence electrons. The van der Waals surface area contributed by atoms with E-state index in [2.05, 4.69) is 31.2 Å². The van der Waals surface area contributed by atoms with Crippen LogP contribution in [0, 0.1) is 6.42 Å². The zero-order valence-electron chi connectivity index (χ0n) is 8.41. The molecule has 1 aliphatic rings. The Morgan fingerprint density at radius 2 is 1.62 bits per heavy atom. The van der Waals surface area contributed by atoms with E-state index in [1.807, 2.05) is 0 Å². The Morgan fingerprint density at radius 1 is 0.846 bits per heavy atom. The lowest BCUT2D eigenvalue weighted by atomic mass is 10.0. The van der Waals surface area contributed by atoms with Crippen molar-refractivity contribution in [2.24, 2.45) is 0 Å². The third-order valence-electron chi connectivity index (χ3n) is 2.56. The van der Waals surface area contributed by atoms with Gasteiger partial charge in [-0.2, -0.15) is 12.6 Å². The van der Waals surface area contributed by atoms with Gasteiger partial charge in [-0.1, -0.05) is 12.2 Å². The molecule has 1 unspecified atom stereocenters. The van der Waals surface area contributed by atoms with Crippen molar-refractivity contribution in [3.63, 3.8) is 0 Å². The fourth-order valence-corrected chi connectivity index (χ4v) is 2.02. The third-order valence-corrected chi connectivity index (χ3v) is 3.07. The lowest BCUT2D eigenvalue weighted by Gasteiger charge is -2.09. The van der Waals surface area contributed by atoms with Gasteiger partial charge in [0.25, 0.3) is 0 Å². The fourth-order valence-electron chi connectivity index (χ4n) is 1.69. The summed E-state index contributed by atoms with van der Waals surface area (Å²) in [5, 5.41) is 0.629. The Kier molecular flexibility index (Phi) is 6.43. The highest BCUT2D eigenvalue weighted by atomic mass is 32.1. The highest BCUT2D eigenvalue weighted by Gasteiger charge is 2.02. The van der Waals surface area contributed by atoms with E-state index >= 15 is 0 Å². The molecule has 13 heavy (non-hydrogen) atoms. The highest BCUT2D eigenvalue weighted by Crippen LogP contribution is 2.16. The molecular weight excluding hydrogens is 176 g/mol. The summed E-state index contributed by atoms with van der Waals surface area (Å²) in [7, 11) is 0. The molecule has 0 amide bonds. The largest absolute Gasteiger partial charge is 0.176 e. The molecule has 0 bridgehead atoms. The van der Waals surface area contributed by atoms with Gasteiger partial charge in [-0.25, -0.2) is 0 Å². The van der Waals surface area contributed by atoms with Crippen molar-refractivity contribution in [1.29, 1.82) is 0 Å². The molecule has 0 aromatic heterocycles. The van der Waals surface area contributed by atoms with Gasteiger partial charge in [-0.05, 0) is 57.8 Å². The van der Waals surface area contributed by atoms with Crippen LogP contribution >= 0.6 is 12.6 Å². The standard InChI is InChI=1S/C12H21S/c13-12-10-8-6-4-2-1-3-5-7-9-11-12/h2,4,7,12-13H,1,3,5-6,8-11H2. The molecule has 1 aliphatic carbocycles. The van der Waals surface area contributed by atoms with Crippen LogP contribution in [0.1, 0.15) is 51.4 Å². The number of hydrogen-bond acceptors (Lipinski definition) is 1. The highest BCUT2D eigenvalue weighted by molar-refractivity contribution is 7.80. The van der Waals surface area contributed by atoms with Gasteiger partial charge in [0, 0.05) is 5.25 Å². The fraction of sp³-hybridized carbons (Fsp3) is 0.750. The second kappa shape index (κ2) is 7.49. The minimum absolute atomic E-state index is 0.629. The predicted molar refractivity (Wildman–Crippen MR) is 63.2 cm³/mol. The second-order valence-electron chi connectivity index (χ2n) is 3.85. The van der Waals surface area contributed by atoms with E-state index in [4.69, 9.17) is 0 Å². The van der Waals surface area contributed by atoms with Crippen LogP contribution in [-0.4, -0.2) is 5.25 Å². The van der Waals surface area contributed by atoms with Crippen molar-refractivity contribution < 1.29 is 0 Å². The van der Waals surface area contributed by atoms with Crippen LogP contribution in [-0.2, 0) is 0 Å². The number of hydrogen-bond donors (Lipinski definition) is 1. The molecule has 0 spiro atoms. The van der Waals surface area contributed by atoms with Crippen molar-refractivity contribution >= 4 is 12.6 Å². The molecule has 0 saturated heterocycles. The first kappa shape index (κ1) is 11.2. The van der Waals surface area contributed by atoms with E-state index in [0.29, 0.717) is 5.25 Å². The van der Waals surface area contributed by atoms with E-state index in [1.54, 1.807) is 0 Å². The van der Waals surface area contributed by atoms with Gasteiger partial charge < -0.3 is 0 Å². The molecule has 0 N–H and O–H groups in total. The Balaban J connectivity index is 2.20. The molecule has 0 nitrogen and oxygen atoms in total. The van der Waals surface area contributed by atoms with Crippen LogP contribution in [0.3, 0.4) is 0 Å². The zero-order chi connectivity index (χ0) is 9.36. The maximum absolute atomic E-state index is 4.58. The van der Waals surface area contributed by atoms with Crippen molar-refractivity contribution in [2.45, 2.75) is 56.6 Å². The molecule has 1 radical (unpaired) electrons. The summed E-state index contributed by atoms with van der Waals surface area (Å²) in [6.45, 7) is 0. The summed E-state index contributed by atoms with van der Waals surface area (Å²) in [5.74, 6) is 0. The summed E-state index contributed by atoms with van der Waals surface area (Å²) in [5.41, 5.74) is 0. The van der Waals surface area contributed by atoms with Gasteiger partial charge in [0.1, 0.15) is 0 Å². The van der Waals surface area contributed by atoms with Crippen molar-refractivity contribution in [3.05, 3.63) is 18.6 Å². The lowest BCUT2D eigenvalue weighted by molar-refractivity contribution is 0.641. The molecular formula is C12H21S. The van der Waals surface area contributed by atoms with Crippen LogP contribution in [0.15, 0.2) is 12.2 Å². The number of allylic oxidation sites excluding steroid dienone is 2. The van der Waals surface area contributed by atoms with Gasteiger partial charge in [-0.15, -0.1) is 0 Å². The predicted octanol–water partition coefficient (Wildman–Crippen LogP) is 4.18. The van der Waals surface area contributed by atoms with Crippen LogP contribution in [0.4, 0.5) is 0 Å². The Bertz CT molecular complexity index is 140. The van der Waals surface area contributed by atoms with E-state index in [0.717, 1.165) is 0 Å². The van der Waals surface area contributed by atoms with Gasteiger partial charge in [0.2, 0.25) is 0 Å². The van der Waals surface area contributed by atoms with Crippen LogP contribution < -0.4 is 0 Å². The molecule has 0 aromatic carbocycles. The number of thiol groups is 1. The van der Waals surface area contributed by atoms with Crippen molar-refractivity contribution in [3.8, 4) is 0 Å². The van der Waals surface area contributed by atoms with Gasteiger partial charge >= 0.3 is 0 Å². The summed E-state index contributed by atoms with van der Waals surface area (Å²) in [4.78, 5) is 0. The summed E-state index contributed by atoms with van der Waals surface area (Å²) in [6, 6.07) is 0. The van der Waals surface area contributed by atoms with Crippen LogP contribution in [0.5, 0.6) is 0 Å². The maximum atomic E-state index is 4.58. The zero-order valence-corrected chi connectivity index (χ0v) is 9.31. The first-order valence-electron chi connectivity index (χ1n) is 5.54. The smallest absolute Gasteiger partial charge is 0.00170 e. The Labute approximate surface area is 88.2 Å². The third kappa shape index (κ3) is 6.20. The van der Waals surface area contributed by atoms with Gasteiger partial charge in [0.05, 0.1) is 0 Å². The monoisotopic (exact) mass is 197 g/mol. The van der Waals surface area contributed by atoms with Crippen molar-refractivity contribution in [1.82, 2.24) is 0 Å². The molecule has 1 rings (SSSR count). The maximum Gasteiger partial charge on any atom is 0.00170 e. The first-order chi connectivity index (χ1) is 6.39. The van der Waals surface area contributed by atoms with E-state index in [1.165, 1.54) is 51.4 Å². The average Bonchev–Trinajstić information content (AvgIpc) is 2.11. The summed E-state index contributed by atoms with van der Waals surface area (Å²) < 4.78 is 0. The molecule has 1 atom stereocenters. The van der Waals surface area contributed by atoms with E-state index in [9.17, 15) is 0 Å². The second-order valence-corrected chi connectivity index (χ2v) is 4.58. The average molecular weight is 197 g/mol. The quantitative estimate of drug-likeness (QED) is 0.437. The minimum Gasteiger partial charge on any atom is -0.176 e. The normalized spacial score (nSPS) is 27.6. The van der Waals surface area contributed by atoms with E-state index in [-0.39, 0.29) is 0 Å². The number of rotatable bonds is 0. The summed E-state index contributed by atoms with van der Waals surface area (Å²) in [6.07, 6.45) is 17.3. The van der Waals surface area contributed by atoms with Gasteiger partial charge in [-0.3, -0.25) is 0 Å². The molecule has 0 heterocycles. The SMILES string of the molecule is SC1CC[CH]CCCC=CCCC1. The van der Waals surface area contributed by atoms with E-state index < -0.39 is 0 Å². The Morgan fingerprint density at radius 3 is 2.46 bits per heavy atom. The van der Waals surface area contributed by atoms with Gasteiger partial charge in [0.15, 0.2) is 0 Å². The Hall–Kier alpha value is 0.0900. The molecule has 0 saturated carbocycles. The minimum atomic E-state index is 0.629. The first-order valence-corrected chi connectivity index (χ1v) is 6.06. The van der Waals surface area contributed by atoms with Crippen molar-refractivity contribution in [2.75, 3.05) is 0 Å². The molecule has 0 aliphatic heterocycles. The lowest BCUT2D eigenvalue weighted by Crippen LogP contribution is -1.98. The topological polar surface area (TPSA) is 0 Å². The van der Waals surface area contributed by atoms with Crippen LogP contribution in [0.2, 0.25) is 0 Å². The molecule has 0 fully saturated rings. The summed E-state index contributed by atoms with van der Waals surface area (Å²) >= 11 is 4.58. The molecule has 1 heteroatoms. The molecule has 0 aromatic rings. The van der Waals surface area contributed by atoms with Crippen LogP contribution in [0.25, 0.3) is 0 Å².